The van der Waals surface area contributed by atoms with Crippen LogP contribution < -0.4 is 16.4 Å². The summed E-state index contributed by atoms with van der Waals surface area (Å²) >= 11 is 11.8. The van der Waals surface area contributed by atoms with E-state index < -0.39 is 0 Å². The number of hydrogen-bond donors (Lipinski definition) is 3. The van der Waals surface area contributed by atoms with Crippen LogP contribution in [0.1, 0.15) is 18.5 Å². The molecule has 0 aliphatic rings. The van der Waals surface area contributed by atoms with Gasteiger partial charge in [-0.2, -0.15) is 0 Å². The number of nitrogens with two attached hydrogens (primary N) is 1. The Bertz CT molecular complexity index is 641. The van der Waals surface area contributed by atoms with Crippen LogP contribution in [-0.2, 0) is 0 Å². The molecular formula is C15H15Cl2N3O. The van der Waals surface area contributed by atoms with Crippen molar-refractivity contribution in [3.8, 4) is 0 Å². The van der Waals surface area contributed by atoms with Crippen molar-refractivity contribution in [2.45, 2.75) is 13.0 Å². The number of nitrogens with one attached hydrogen (secondary N) is 2. The number of para-hydroxylation sites is 1. The third-order valence-corrected chi connectivity index (χ3v) is 3.37. The van der Waals surface area contributed by atoms with E-state index in [-0.39, 0.29) is 12.1 Å². The van der Waals surface area contributed by atoms with Gasteiger partial charge in [0.2, 0.25) is 0 Å². The van der Waals surface area contributed by atoms with Crippen LogP contribution in [0.25, 0.3) is 0 Å². The Balaban J connectivity index is 2.03. The van der Waals surface area contributed by atoms with Crippen molar-refractivity contribution in [3.63, 3.8) is 0 Å². The molecule has 0 aromatic heterocycles. The Labute approximate surface area is 133 Å². The Morgan fingerprint density at radius 1 is 1.14 bits per heavy atom. The van der Waals surface area contributed by atoms with Gasteiger partial charge < -0.3 is 16.4 Å². The number of anilines is 2. The molecule has 110 valence electrons. The molecule has 2 amide bonds. The molecular weight excluding hydrogens is 309 g/mol. The quantitative estimate of drug-likeness (QED) is 0.730. The van der Waals surface area contributed by atoms with Crippen LogP contribution in [-0.4, -0.2) is 6.03 Å². The molecule has 21 heavy (non-hydrogen) atoms. The number of urea groups is 1. The van der Waals surface area contributed by atoms with E-state index in [1.54, 1.807) is 24.3 Å². The van der Waals surface area contributed by atoms with E-state index in [1.807, 2.05) is 25.1 Å². The first-order valence-electron chi connectivity index (χ1n) is 6.33. The molecule has 0 aliphatic heterocycles. The first-order chi connectivity index (χ1) is 9.95. The summed E-state index contributed by atoms with van der Waals surface area (Å²) in [4.78, 5) is 12.0. The van der Waals surface area contributed by atoms with E-state index in [0.29, 0.717) is 21.4 Å². The fraction of sp³-hybridized carbons (Fsp3) is 0.133. The van der Waals surface area contributed by atoms with Crippen LogP contribution in [0.4, 0.5) is 16.2 Å². The largest absolute Gasteiger partial charge is 0.398 e. The van der Waals surface area contributed by atoms with Crippen molar-refractivity contribution >= 4 is 40.6 Å². The molecule has 1 unspecified atom stereocenters. The molecule has 6 heteroatoms. The summed E-state index contributed by atoms with van der Waals surface area (Å²) in [6.45, 7) is 1.86. The molecule has 0 saturated heterocycles. The van der Waals surface area contributed by atoms with Gasteiger partial charge in [0.25, 0.3) is 0 Å². The minimum Gasteiger partial charge on any atom is -0.398 e. The number of amides is 2. The maximum Gasteiger partial charge on any atom is 0.319 e. The Hall–Kier alpha value is -1.91. The molecule has 0 heterocycles. The average Bonchev–Trinajstić information content (AvgIpc) is 2.37. The van der Waals surface area contributed by atoms with Crippen molar-refractivity contribution in [2.75, 3.05) is 11.1 Å². The number of carbonyl (C=O) groups is 1. The van der Waals surface area contributed by atoms with E-state index in [9.17, 15) is 4.79 Å². The summed E-state index contributed by atoms with van der Waals surface area (Å²) in [6, 6.07) is 11.6. The second-order valence-electron chi connectivity index (χ2n) is 4.61. The van der Waals surface area contributed by atoms with Crippen LogP contribution in [0.5, 0.6) is 0 Å². The number of carbonyl (C=O) groups excluding carboxylic acids is 1. The lowest BCUT2D eigenvalue weighted by Gasteiger charge is -2.17. The highest BCUT2D eigenvalue weighted by molar-refractivity contribution is 6.35. The van der Waals surface area contributed by atoms with Gasteiger partial charge in [0, 0.05) is 21.4 Å². The number of halogens is 2. The Kier molecular flexibility index (Phi) is 4.94. The molecule has 0 spiro atoms. The molecule has 0 saturated carbocycles. The zero-order valence-corrected chi connectivity index (χ0v) is 12.9. The molecule has 0 radical (unpaired) electrons. The number of benzene rings is 2. The first-order valence-corrected chi connectivity index (χ1v) is 7.09. The second-order valence-corrected chi connectivity index (χ2v) is 5.48. The average molecular weight is 324 g/mol. The van der Waals surface area contributed by atoms with E-state index in [1.165, 1.54) is 0 Å². The summed E-state index contributed by atoms with van der Waals surface area (Å²) in [5.74, 6) is 0. The van der Waals surface area contributed by atoms with Gasteiger partial charge in [0.15, 0.2) is 0 Å². The monoisotopic (exact) mass is 323 g/mol. The topological polar surface area (TPSA) is 67.2 Å². The summed E-state index contributed by atoms with van der Waals surface area (Å²) in [6.07, 6.45) is 0. The lowest BCUT2D eigenvalue weighted by atomic mass is 10.1. The van der Waals surface area contributed by atoms with E-state index in [2.05, 4.69) is 10.6 Å². The Morgan fingerprint density at radius 3 is 2.38 bits per heavy atom. The lowest BCUT2D eigenvalue weighted by Crippen LogP contribution is -2.31. The van der Waals surface area contributed by atoms with Crippen LogP contribution in [0, 0.1) is 0 Å². The molecule has 4 nitrogen and oxygen atoms in total. The summed E-state index contributed by atoms with van der Waals surface area (Å²) in [5, 5.41) is 6.41. The fourth-order valence-electron chi connectivity index (χ4n) is 1.97. The standard InChI is InChI=1S/C15H15Cl2N3O/c1-9(13-4-2-3-5-14(13)18)19-15(21)20-12-7-10(16)6-11(17)8-12/h2-9H,18H2,1H3,(H2,19,20,21). The zero-order chi connectivity index (χ0) is 15.4. The van der Waals surface area contributed by atoms with Crippen molar-refractivity contribution in [3.05, 3.63) is 58.1 Å². The van der Waals surface area contributed by atoms with Gasteiger partial charge >= 0.3 is 6.03 Å². The van der Waals surface area contributed by atoms with Crippen molar-refractivity contribution in [1.29, 1.82) is 0 Å². The highest BCUT2D eigenvalue weighted by Gasteiger charge is 2.12. The van der Waals surface area contributed by atoms with Gasteiger partial charge in [-0.1, -0.05) is 41.4 Å². The van der Waals surface area contributed by atoms with Crippen molar-refractivity contribution < 1.29 is 4.79 Å². The van der Waals surface area contributed by atoms with Crippen molar-refractivity contribution in [1.82, 2.24) is 5.32 Å². The fourth-order valence-corrected chi connectivity index (χ4v) is 2.50. The number of nitrogen functional groups attached to an aromatic ring is 1. The lowest BCUT2D eigenvalue weighted by molar-refractivity contribution is 0.249. The molecule has 0 bridgehead atoms. The van der Waals surface area contributed by atoms with Crippen LogP contribution in [0.3, 0.4) is 0 Å². The smallest absolute Gasteiger partial charge is 0.319 e. The molecule has 1 atom stereocenters. The minimum absolute atomic E-state index is 0.221. The molecule has 4 N–H and O–H groups in total. The highest BCUT2D eigenvalue weighted by Crippen LogP contribution is 2.23. The maximum atomic E-state index is 12.0. The van der Waals surface area contributed by atoms with Crippen LogP contribution in [0.2, 0.25) is 10.0 Å². The summed E-state index contributed by atoms with van der Waals surface area (Å²) in [7, 11) is 0. The molecule has 2 rings (SSSR count). The van der Waals surface area contributed by atoms with E-state index >= 15 is 0 Å². The van der Waals surface area contributed by atoms with Gasteiger partial charge in [-0.15, -0.1) is 0 Å². The highest BCUT2D eigenvalue weighted by atomic mass is 35.5. The van der Waals surface area contributed by atoms with Gasteiger partial charge in [-0.25, -0.2) is 4.79 Å². The van der Waals surface area contributed by atoms with Crippen molar-refractivity contribution in [2.24, 2.45) is 0 Å². The maximum absolute atomic E-state index is 12.0. The van der Waals surface area contributed by atoms with Gasteiger partial charge in [-0.05, 0) is 36.8 Å². The third-order valence-electron chi connectivity index (χ3n) is 2.93. The second kappa shape index (κ2) is 6.70. The molecule has 2 aromatic rings. The number of rotatable bonds is 3. The third kappa shape index (κ3) is 4.28. The molecule has 0 fully saturated rings. The van der Waals surface area contributed by atoms with Gasteiger partial charge in [0.05, 0.1) is 6.04 Å². The molecule has 2 aromatic carbocycles. The minimum atomic E-state index is -0.357. The van der Waals surface area contributed by atoms with E-state index in [0.717, 1.165) is 5.56 Å². The van der Waals surface area contributed by atoms with Crippen LogP contribution >= 0.6 is 23.2 Å². The predicted octanol–water partition coefficient (Wildman–Crippen LogP) is 4.46. The summed E-state index contributed by atoms with van der Waals surface area (Å²) < 4.78 is 0. The SMILES string of the molecule is CC(NC(=O)Nc1cc(Cl)cc(Cl)c1)c1ccccc1N. The van der Waals surface area contributed by atoms with E-state index in [4.69, 9.17) is 28.9 Å². The first kappa shape index (κ1) is 15.5. The normalized spacial score (nSPS) is 11.8. The zero-order valence-electron chi connectivity index (χ0n) is 11.4. The molecule has 0 aliphatic carbocycles. The Morgan fingerprint density at radius 2 is 1.76 bits per heavy atom. The summed E-state index contributed by atoms with van der Waals surface area (Å²) in [5.41, 5.74) is 7.90. The van der Waals surface area contributed by atoms with Gasteiger partial charge in [0.1, 0.15) is 0 Å². The van der Waals surface area contributed by atoms with Crippen LogP contribution in [0.15, 0.2) is 42.5 Å². The predicted molar refractivity (Wildman–Crippen MR) is 87.9 cm³/mol. The number of hydrogen-bond acceptors (Lipinski definition) is 2. The van der Waals surface area contributed by atoms with Gasteiger partial charge in [-0.3, -0.25) is 0 Å².